The second kappa shape index (κ2) is 6.21. The lowest BCUT2D eigenvalue weighted by Crippen LogP contribution is -2.42. The number of hydrogen-bond acceptors (Lipinski definition) is 2. The Morgan fingerprint density at radius 1 is 1.16 bits per heavy atom. The van der Waals surface area contributed by atoms with Crippen LogP contribution in [0.1, 0.15) is 12.8 Å². The van der Waals surface area contributed by atoms with Crippen molar-refractivity contribution in [2.45, 2.75) is 19.0 Å². The first-order valence-electron chi connectivity index (χ1n) is 5.48. The average molecular weight is 275 g/mol. The van der Waals surface area contributed by atoms with Crippen LogP contribution in [0.4, 0.5) is 18.9 Å². The molecule has 0 bridgehead atoms. The highest BCUT2D eigenvalue weighted by molar-refractivity contribution is 5.97. The molecule has 4 nitrogen and oxygen atoms in total. The van der Waals surface area contributed by atoms with Crippen molar-refractivity contribution < 1.29 is 27.9 Å². The van der Waals surface area contributed by atoms with Crippen LogP contribution in [0.5, 0.6) is 0 Å². The van der Waals surface area contributed by atoms with Gasteiger partial charge in [0.15, 0.2) is 0 Å². The highest BCUT2D eigenvalue weighted by atomic mass is 19.4. The summed E-state index contributed by atoms with van der Waals surface area (Å²) in [6.07, 6.45) is -5.33. The molecule has 7 heteroatoms. The summed E-state index contributed by atoms with van der Waals surface area (Å²) in [5, 5.41) is 8.47. The Bertz CT molecular complexity index is 445. The molecule has 0 aliphatic rings. The Hall–Kier alpha value is -2.05. The van der Waals surface area contributed by atoms with Gasteiger partial charge in [-0.3, -0.25) is 9.59 Å². The molecule has 1 aromatic rings. The normalized spacial score (nSPS) is 11.1. The third-order valence-electron chi connectivity index (χ3n) is 2.33. The number of carboxylic acids is 1. The van der Waals surface area contributed by atoms with Gasteiger partial charge in [-0.2, -0.15) is 13.2 Å². The molecule has 1 amide bonds. The second-order valence-corrected chi connectivity index (χ2v) is 3.79. The molecule has 0 aromatic heterocycles. The molecular formula is C12H12F3NO3. The molecular weight excluding hydrogens is 263 g/mol. The third-order valence-corrected chi connectivity index (χ3v) is 2.33. The molecule has 0 saturated heterocycles. The van der Waals surface area contributed by atoms with Crippen molar-refractivity contribution in [3.63, 3.8) is 0 Å². The van der Waals surface area contributed by atoms with E-state index in [4.69, 9.17) is 5.11 Å². The molecule has 1 aromatic carbocycles. The number of rotatable bonds is 5. The maximum absolute atomic E-state index is 12.5. The minimum atomic E-state index is -4.99. The van der Waals surface area contributed by atoms with Gasteiger partial charge >= 0.3 is 18.1 Å². The van der Waals surface area contributed by atoms with Gasteiger partial charge in [0.25, 0.3) is 0 Å². The predicted octanol–water partition coefficient (Wildman–Crippen LogP) is 2.45. The quantitative estimate of drug-likeness (QED) is 0.898. The molecule has 0 aliphatic heterocycles. The van der Waals surface area contributed by atoms with Gasteiger partial charge in [0.1, 0.15) is 0 Å². The van der Waals surface area contributed by atoms with E-state index in [0.29, 0.717) is 4.90 Å². The molecule has 0 atom stereocenters. The van der Waals surface area contributed by atoms with Crippen LogP contribution < -0.4 is 4.90 Å². The number of nitrogens with zero attached hydrogens (tertiary/aromatic N) is 1. The van der Waals surface area contributed by atoms with Gasteiger partial charge in [-0.25, -0.2) is 0 Å². The molecule has 0 unspecified atom stereocenters. The Balaban J connectivity index is 2.86. The summed E-state index contributed by atoms with van der Waals surface area (Å²) in [6, 6.07) is 7.35. The summed E-state index contributed by atoms with van der Waals surface area (Å²) in [6.45, 7) is -0.297. The lowest BCUT2D eigenvalue weighted by Gasteiger charge is -2.23. The summed E-state index contributed by atoms with van der Waals surface area (Å²) < 4.78 is 37.4. The molecule has 0 aliphatic carbocycles. The van der Waals surface area contributed by atoms with E-state index in [0.717, 1.165) is 0 Å². The van der Waals surface area contributed by atoms with E-state index in [1.54, 1.807) is 6.07 Å². The van der Waals surface area contributed by atoms with Crippen molar-refractivity contribution in [2.24, 2.45) is 0 Å². The predicted molar refractivity (Wildman–Crippen MR) is 61.7 cm³/mol. The summed E-state index contributed by atoms with van der Waals surface area (Å²) in [5.74, 6) is -3.11. The fourth-order valence-corrected chi connectivity index (χ4v) is 1.50. The van der Waals surface area contributed by atoms with Gasteiger partial charge in [0.05, 0.1) is 0 Å². The van der Waals surface area contributed by atoms with Crippen LogP contribution in [0.25, 0.3) is 0 Å². The van der Waals surface area contributed by atoms with Gasteiger partial charge in [-0.05, 0) is 18.6 Å². The number of carbonyl (C=O) groups is 2. The van der Waals surface area contributed by atoms with Crippen molar-refractivity contribution in [3.05, 3.63) is 30.3 Å². The fourth-order valence-electron chi connectivity index (χ4n) is 1.50. The van der Waals surface area contributed by atoms with Crippen LogP contribution in [0.15, 0.2) is 30.3 Å². The lowest BCUT2D eigenvalue weighted by atomic mass is 10.2. The van der Waals surface area contributed by atoms with E-state index in [1.807, 2.05) is 0 Å². The number of halogens is 3. The average Bonchev–Trinajstić information content (AvgIpc) is 2.33. The minimum Gasteiger partial charge on any atom is -0.481 e. The van der Waals surface area contributed by atoms with Gasteiger partial charge in [-0.1, -0.05) is 18.2 Å². The van der Waals surface area contributed by atoms with E-state index < -0.39 is 18.1 Å². The monoisotopic (exact) mass is 275 g/mol. The number of carbonyl (C=O) groups excluding carboxylic acids is 1. The number of anilines is 1. The molecule has 19 heavy (non-hydrogen) atoms. The fraction of sp³-hybridized carbons (Fsp3) is 0.333. The summed E-state index contributed by atoms with van der Waals surface area (Å²) in [7, 11) is 0. The number of benzene rings is 1. The van der Waals surface area contributed by atoms with Gasteiger partial charge < -0.3 is 10.0 Å². The molecule has 0 heterocycles. The molecule has 104 valence electrons. The first-order chi connectivity index (χ1) is 8.82. The van der Waals surface area contributed by atoms with Crippen molar-refractivity contribution in [1.82, 2.24) is 0 Å². The Morgan fingerprint density at radius 3 is 2.21 bits per heavy atom. The topological polar surface area (TPSA) is 57.6 Å². The third kappa shape index (κ3) is 4.61. The zero-order valence-corrected chi connectivity index (χ0v) is 9.85. The van der Waals surface area contributed by atoms with Gasteiger partial charge in [-0.15, -0.1) is 0 Å². The standard InChI is InChI=1S/C12H12F3NO3/c13-12(14,15)11(19)16(8-4-7-10(17)18)9-5-2-1-3-6-9/h1-3,5-6H,4,7-8H2,(H,17,18). The van der Waals surface area contributed by atoms with Crippen LogP contribution in [-0.2, 0) is 9.59 Å². The van der Waals surface area contributed by atoms with Crippen molar-refractivity contribution in [2.75, 3.05) is 11.4 Å². The van der Waals surface area contributed by atoms with Crippen molar-refractivity contribution in [1.29, 1.82) is 0 Å². The second-order valence-electron chi connectivity index (χ2n) is 3.79. The van der Waals surface area contributed by atoms with E-state index in [2.05, 4.69) is 0 Å². The van der Waals surface area contributed by atoms with Gasteiger partial charge in [0, 0.05) is 18.7 Å². The van der Waals surface area contributed by atoms with Crippen LogP contribution in [-0.4, -0.2) is 29.7 Å². The minimum absolute atomic E-state index is 0.0496. The molecule has 0 radical (unpaired) electrons. The van der Waals surface area contributed by atoms with Crippen LogP contribution in [0.2, 0.25) is 0 Å². The van der Waals surface area contributed by atoms with Crippen LogP contribution in [0, 0.1) is 0 Å². The molecule has 0 fully saturated rings. The van der Waals surface area contributed by atoms with Crippen molar-refractivity contribution >= 4 is 17.6 Å². The van der Waals surface area contributed by atoms with Crippen molar-refractivity contribution in [3.8, 4) is 0 Å². The summed E-state index contributed by atoms with van der Waals surface area (Å²) >= 11 is 0. The van der Waals surface area contributed by atoms with Gasteiger partial charge in [0.2, 0.25) is 0 Å². The van der Waals surface area contributed by atoms with Crippen LogP contribution >= 0.6 is 0 Å². The maximum Gasteiger partial charge on any atom is 0.471 e. The number of hydrogen-bond donors (Lipinski definition) is 1. The van der Waals surface area contributed by atoms with Crippen LogP contribution in [0.3, 0.4) is 0 Å². The highest BCUT2D eigenvalue weighted by Gasteiger charge is 2.42. The van der Waals surface area contributed by atoms with E-state index in [9.17, 15) is 22.8 Å². The molecule has 1 rings (SSSR count). The zero-order chi connectivity index (χ0) is 14.5. The molecule has 1 N–H and O–H groups in total. The van der Waals surface area contributed by atoms with E-state index >= 15 is 0 Å². The number of para-hydroxylation sites is 1. The highest BCUT2D eigenvalue weighted by Crippen LogP contribution is 2.23. The van der Waals surface area contributed by atoms with E-state index in [1.165, 1.54) is 24.3 Å². The number of alkyl halides is 3. The Kier molecular flexibility index (Phi) is 4.91. The van der Waals surface area contributed by atoms with E-state index in [-0.39, 0.29) is 25.1 Å². The Morgan fingerprint density at radius 2 is 1.74 bits per heavy atom. The number of aliphatic carboxylic acids is 1. The zero-order valence-electron chi connectivity index (χ0n) is 9.85. The summed E-state index contributed by atoms with van der Waals surface area (Å²) in [5.41, 5.74) is 0.0928. The maximum atomic E-state index is 12.5. The smallest absolute Gasteiger partial charge is 0.471 e. The number of carboxylic acid groups (broad SMARTS) is 1. The lowest BCUT2D eigenvalue weighted by molar-refractivity contribution is -0.170. The molecule has 0 spiro atoms. The first kappa shape index (κ1) is 15.0. The first-order valence-corrected chi connectivity index (χ1v) is 5.48. The Labute approximate surface area is 107 Å². The number of amides is 1. The molecule has 0 saturated carbocycles. The largest absolute Gasteiger partial charge is 0.481 e. The summed E-state index contributed by atoms with van der Waals surface area (Å²) in [4.78, 5) is 22.2. The SMILES string of the molecule is O=C(O)CCCN(C(=O)C(F)(F)F)c1ccccc1.